The SMILES string of the molecule is CCOc1ccccc1N1CCN(C(=O)Nc2cc(C(=O)OC)cc(C(=O)OC)c2)CC1. The molecular formula is C23H27N3O6. The van der Waals surface area contributed by atoms with Gasteiger partial charge in [0.05, 0.1) is 37.6 Å². The molecule has 0 radical (unpaired) electrons. The molecule has 32 heavy (non-hydrogen) atoms. The molecule has 0 aliphatic carbocycles. The topological polar surface area (TPSA) is 97.4 Å². The Hall–Kier alpha value is -3.75. The summed E-state index contributed by atoms with van der Waals surface area (Å²) in [5, 5.41) is 2.76. The lowest BCUT2D eigenvalue weighted by Crippen LogP contribution is -2.50. The minimum atomic E-state index is -0.618. The van der Waals surface area contributed by atoms with Gasteiger partial charge < -0.3 is 29.3 Å². The van der Waals surface area contributed by atoms with Crippen LogP contribution in [0.4, 0.5) is 16.2 Å². The fourth-order valence-corrected chi connectivity index (χ4v) is 3.52. The van der Waals surface area contributed by atoms with Crippen molar-refractivity contribution in [2.75, 3.05) is 57.2 Å². The first kappa shape index (κ1) is 22.9. The number of methoxy groups -OCH3 is 2. The third-order valence-corrected chi connectivity index (χ3v) is 5.10. The first-order valence-electron chi connectivity index (χ1n) is 10.3. The lowest BCUT2D eigenvalue weighted by atomic mass is 10.1. The number of ether oxygens (including phenoxy) is 3. The molecule has 1 N–H and O–H groups in total. The number of esters is 2. The number of hydrogen-bond donors (Lipinski definition) is 1. The smallest absolute Gasteiger partial charge is 0.337 e. The Balaban J connectivity index is 1.69. The van der Waals surface area contributed by atoms with Crippen LogP contribution in [0, 0.1) is 0 Å². The minimum absolute atomic E-state index is 0.142. The second kappa shape index (κ2) is 10.5. The highest BCUT2D eigenvalue weighted by Crippen LogP contribution is 2.29. The molecule has 9 heteroatoms. The molecule has 1 aliphatic rings. The molecule has 0 aromatic heterocycles. The lowest BCUT2D eigenvalue weighted by molar-refractivity contribution is 0.0599. The minimum Gasteiger partial charge on any atom is -0.492 e. The molecule has 0 atom stereocenters. The molecule has 1 aliphatic heterocycles. The van der Waals surface area contributed by atoms with Gasteiger partial charge in [-0.3, -0.25) is 0 Å². The van der Waals surface area contributed by atoms with Crippen LogP contribution in [0.5, 0.6) is 5.75 Å². The molecule has 170 valence electrons. The summed E-state index contributed by atoms with van der Waals surface area (Å²) in [4.78, 5) is 40.6. The second-order valence-electron chi connectivity index (χ2n) is 7.09. The van der Waals surface area contributed by atoms with Crippen molar-refractivity contribution in [2.45, 2.75) is 6.92 Å². The number of urea groups is 1. The number of anilines is 2. The number of rotatable bonds is 6. The van der Waals surface area contributed by atoms with Gasteiger partial charge in [-0.25, -0.2) is 14.4 Å². The van der Waals surface area contributed by atoms with E-state index < -0.39 is 11.9 Å². The van der Waals surface area contributed by atoms with E-state index in [9.17, 15) is 14.4 Å². The van der Waals surface area contributed by atoms with E-state index in [4.69, 9.17) is 14.2 Å². The highest BCUT2D eigenvalue weighted by molar-refractivity contribution is 5.99. The highest BCUT2D eigenvalue weighted by Gasteiger charge is 2.24. The average molecular weight is 441 g/mol. The van der Waals surface area contributed by atoms with Gasteiger partial charge >= 0.3 is 18.0 Å². The highest BCUT2D eigenvalue weighted by atomic mass is 16.5. The van der Waals surface area contributed by atoms with Crippen LogP contribution in [-0.2, 0) is 9.47 Å². The Morgan fingerprint density at radius 1 is 0.906 bits per heavy atom. The summed E-state index contributed by atoms with van der Waals surface area (Å²) in [6.07, 6.45) is 0. The summed E-state index contributed by atoms with van der Waals surface area (Å²) in [6.45, 7) is 4.83. The number of benzene rings is 2. The van der Waals surface area contributed by atoms with Gasteiger partial charge in [-0.15, -0.1) is 0 Å². The number of carbonyl (C=O) groups excluding carboxylic acids is 3. The van der Waals surface area contributed by atoms with Crippen molar-refractivity contribution in [1.82, 2.24) is 4.90 Å². The van der Waals surface area contributed by atoms with Crippen molar-refractivity contribution in [2.24, 2.45) is 0 Å². The molecule has 0 saturated carbocycles. The zero-order valence-corrected chi connectivity index (χ0v) is 18.4. The van der Waals surface area contributed by atoms with Gasteiger partial charge in [0.1, 0.15) is 5.75 Å². The average Bonchev–Trinajstić information content (AvgIpc) is 2.83. The maximum atomic E-state index is 12.8. The van der Waals surface area contributed by atoms with E-state index in [1.807, 2.05) is 31.2 Å². The summed E-state index contributed by atoms with van der Waals surface area (Å²) in [5.41, 5.74) is 1.59. The van der Waals surface area contributed by atoms with Crippen molar-refractivity contribution in [3.05, 3.63) is 53.6 Å². The molecule has 1 saturated heterocycles. The monoisotopic (exact) mass is 441 g/mol. The van der Waals surface area contributed by atoms with Gasteiger partial charge in [-0.2, -0.15) is 0 Å². The number of nitrogens with one attached hydrogen (secondary N) is 1. The standard InChI is InChI=1S/C23H27N3O6/c1-4-32-20-8-6-5-7-19(20)25-9-11-26(12-10-25)23(29)24-18-14-16(21(27)30-2)13-17(15-18)22(28)31-3/h5-8,13-15H,4,9-12H2,1-3H3,(H,24,29). The Kier molecular flexibility index (Phi) is 7.54. The Bertz CT molecular complexity index is 951. The van der Waals surface area contributed by atoms with Crippen LogP contribution in [0.1, 0.15) is 27.6 Å². The van der Waals surface area contributed by atoms with Crippen LogP contribution in [-0.4, -0.2) is 69.9 Å². The summed E-state index contributed by atoms with van der Waals surface area (Å²) in [7, 11) is 2.49. The van der Waals surface area contributed by atoms with Gasteiger partial charge in [0.2, 0.25) is 0 Å². The summed E-state index contributed by atoms with van der Waals surface area (Å²) < 4.78 is 15.2. The predicted molar refractivity (Wildman–Crippen MR) is 120 cm³/mol. The van der Waals surface area contributed by atoms with Crippen molar-refractivity contribution < 1.29 is 28.6 Å². The van der Waals surface area contributed by atoms with Crippen LogP contribution in [0.2, 0.25) is 0 Å². The molecule has 2 aromatic carbocycles. The lowest BCUT2D eigenvalue weighted by Gasteiger charge is -2.36. The van der Waals surface area contributed by atoms with E-state index in [0.29, 0.717) is 38.5 Å². The largest absolute Gasteiger partial charge is 0.492 e. The Morgan fingerprint density at radius 2 is 1.50 bits per heavy atom. The number of carbonyl (C=O) groups is 3. The van der Waals surface area contributed by atoms with Crippen molar-refractivity contribution in [3.8, 4) is 5.75 Å². The molecule has 2 aromatic rings. The van der Waals surface area contributed by atoms with E-state index in [1.54, 1.807) is 4.90 Å². The molecule has 1 fully saturated rings. The van der Waals surface area contributed by atoms with Crippen LogP contribution in [0.15, 0.2) is 42.5 Å². The zero-order chi connectivity index (χ0) is 23.1. The van der Waals surface area contributed by atoms with Crippen LogP contribution in [0.25, 0.3) is 0 Å². The number of amides is 2. The number of piperazine rings is 1. The number of nitrogens with zero attached hydrogens (tertiary/aromatic N) is 2. The molecule has 0 spiro atoms. The maximum absolute atomic E-state index is 12.8. The molecule has 0 bridgehead atoms. The fraction of sp³-hybridized carbons (Fsp3) is 0.348. The molecule has 0 unspecified atom stereocenters. The second-order valence-corrected chi connectivity index (χ2v) is 7.09. The number of para-hydroxylation sites is 2. The molecule has 9 nitrogen and oxygen atoms in total. The Labute approximate surface area is 186 Å². The normalized spacial score (nSPS) is 13.3. The zero-order valence-electron chi connectivity index (χ0n) is 18.4. The van der Waals surface area contributed by atoms with Crippen molar-refractivity contribution >= 4 is 29.3 Å². The van der Waals surface area contributed by atoms with E-state index in [2.05, 4.69) is 10.2 Å². The van der Waals surface area contributed by atoms with Gasteiger partial charge in [0.25, 0.3) is 0 Å². The third kappa shape index (κ3) is 5.29. The van der Waals surface area contributed by atoms with Gasteiger partial charge in [-0.05, 0) is 37.3 Å². The van der Waals surface area contributed by atoms with Crippen LogP contribution in [0.3, 0.4) is 0 Å². The summed E-state index contributed by atoms with van der Waals surface area (Å²) >= 11 is 0. The first-order valence-corrected chi connectivity index (χ1v) is 10.3. The molecular weight excluding hydrogens is 414 g/mol. The van der Waals surface area contributed by atoms with E-state index >= 15 is 0 Å². The van der Waals surface area contributed by atoms with Crippen LogP contribution < -0.4 is 15.0 Å². The molecule has 1 heterocycles. The van der Waals surface area contributed by atoms with Crippen molar-refractivity contribution in [3.63, 3.8) is 0 Å². The molecule has 3 rings (SSSR count). The quantitative estimate of drug-likeness (QED) is 0.688. The van der Waals surface area contributed by atoms with Gasteiger partial charge in [0.15, 0.2) is 0 Å². The van der Waals surface area contributed by atoms with E-state index in [1.165, 1.54) is 32.4 Å². The van der Waals surface area contributed by atoms with E-state index in [0.717, 1.165) is 11.4 Å². The van der Waals surface area contributed by atoms with Crippen molar-refractivity contribution in [1.29, 1.82) is 0 Å². The van der Waals surface area contributed by atoms with Gasteiger partial charge in [0, 0.05) is 31.9 Å². The molecule has 2 amide bonds. The van der Waals surface area contributed by atoms with Gasteiger partial charge in [-0.1, -0.05) is 12.1 Å². The third-order valence-electron chi connectivity index (χ3n) is 5.10. The predicted octanol–water partition coefficient (Wildman–Crippen LogP) is 3.01. The fourth-order valence-electron chi connectivity index (χ4n) is 3.52. The maximum Gasteiger partial charge on any atom is 0.337 e. The summed E-state index contributed by atoms with van der Waals surface area (Å²) in [6, 6.07) is 11.8. The first-order chi connectivity index (χ1) is 15.5. The van der Waals surface area contributed by atoms with Crippen LogP contribution >= 0.6 is 0 Å². The summed E-state index contributed by atoms with van der Waals surface area (Å²) in [5.74, 6) is -0.413. The van der Waals surface area contributed by atoms with E-state index in [-0.39, 0.29) is 17.2 Å². The number of hydrogen-bond acceptors (Lipinski definition) is 7. The Morgan fingerprint density at radius 3 is 2.06 bits per heavy atom.